The predicted molar refractivity (Wildman–Crippen MR) is 88.0 cm³/mol. The van der Waals surface area contributed by atoms with E-state index in [1.807, 2.05) is 0 Å². The van der Waals surface area contributed by atoms with Gasteiger partial charge in [0.1, 0.15) is 5.75 Å². The van der Waals surface area contributed by atoms with Crippen LogP contribution in [0.1, 0.15) is 12.0 Å². The monoisotopic (exact) mass is 373 g/mol. The molecule has 8 nitrogen and oxygen atoms in total. The molecule has 1 aromatic carbocycles. The predicted octanol–water partition coefficient (Wildman–Crippen LogP) is 1.90. The summed E-state index contributed by atoms with van der Waals surface area (Å²) in [5.41, 5.74) is 0.852. The number of nitrogens with one attached hydrogen (secondary N) is 1. The fourth-order valence-corrected chi connectivity index (χ4v) is 3.86. The standard InChI is InChI=1S/C14H16ClN3O5S/c1-18-14(10(15)8-16-18)24(21,22)17-11-7-9(4-6-13(19)20)3-5-12(11)23-2/h3,5,7-8,17H,4,6H2,1-2H3,(H,19,20). The zero-order valence-electron chi connectivity index (χ0n) is 13.0. The molecule has 0 radical (unpaired) electrons. The maximum Gasteiger partial charge on any atom is 0.303 e. The van der Waals surface area contributed by atoms with Crippen molar-refractivity contribution in [2.75, 3.05) is 11.8 Å². The van der Waals surface area contributed by atoms with E-state index in [4.69, 9.17) is 21.4 Å². The number of carboxylic acid groups (broad SMARTS) is 1. The molecule has 2 N–H and O–H groups in total. The van der Waals surface area contributed by atoms with E-state index in [2.05, 4.69) is 9.82 Å². The Balaban J connectivity index is 2.36. The highest BCUT2D eigenvalue weighted by Crippen LogP contribution is 2.30. The normalized spacial score (nSPS) is 11.3. The highest BCUT2D eigenvalue weighted by atomic mass is 35.5. The third-order valence-electron chi connectivity index (χ3n) is 3.23. The van der Waals surface area contributed by atoms with Gasteiger partial charge in [0.05, 0.1) is 24.0 Å². The number of aryl methyl sites for hydroxylation is 2. The van der Waals surface area contributed by atoms with Crippen LogP contribution >= 0.6 is 11.6 Å². The second kappa shape index (κ2) is 7.10. The van der Waals surface area contributed by atoms with Crippen molar-refractivity contribution in [3.05, 3.63) is 35.0 Å². The lowest BCUT2D eigenvalue weighted by molar-refractivity contribution is -0.136. The van der Waals surface area contributed by atoms with Gasteiger partial charge in [-0.2, -0.15) is 13.5 Å². The Kier molecular flexibility index (Phi) is 5.35. The number of rotatable bonds is 7. The number of carboxylic acids is 1. The van der Waals surface area contributed by atoms with Crippen molar-refractivity contribution in [2.24, 2.45) is 7.05 Å². The maximum absolute atomic E-state index is 12.5. The summed E-state index contributed by atoms with van der Waals surface area (Å²) in [6.07, 6.45) is 1.43. The number of nitrogens with zero attached hydrogens (tertiary/aromatic N) is 2. The van der Waals surface area contributed by atoms with E-state index in [1.165, 1.54) is 26.4 Å². The molecule has 0 aliphatic rings. The highest BCUT2D eigenvalue weighted by Gasteiger charge is 2.24. The Morgan fingerprint density at radius 1 is 1.46 bits per heavy atom. The summed E-state index contributed by atoms with van der Waals surface area (Å²) in [5, 5.41) is 12.4. The van der Waals surface area contributed by atoms with Crippen molar-refractivity contribution in [3.8, 4) is 5.75 Å². The van der Waals surface area contributed by atoms with Crippen molar-refractivity contribution in [3.63, 3.8) is 0 Å². The van der Waals surface area contributed by atoms with Gasteiger partial charge in [0.15, 0.2) is 5.03 Å². The lowest BCUT2D eigenvalue weighted by Crippen LogP contribution is -2.17. The molecule has 24 heavy (non-hydrogen) atoms. The first-order valence-corrected chi connectivity index (χ1v) is 8.69. The first-order valence-electron chi connectivity index (χ1n) is 6.83. The largest absolute Gasteiger partial charge is 0.495 e. The van der Waals surface area contributed by atoms with Crippen LogP contribution in [0.25, 0.3) is 0 Å². The third kappa shape index (κ3) is 3.98. The van der Waals surface area contributed by atoms with Crippen LogP contribution in [0.2, 0.25) is 5.02 Å². The molecular formula is C14H16ClN3O5S. The van der Waals surface area contributed by atoms with E-state index < -0.39 is 16.0 Å². The number of benzene rings is 1. The van der Waals surface area contributed by atoms with Gasteiger partial charge in [-0.1, -0.05) is 17.7 Å². The lowest BCUT2D eigenvalue weighted by atomic mass is 10.1. The molecule has 0 aliphatic carbocycles. The molecule has 0 amide bonds. The van der Waals surface area contributed by atoms with Gasteiger partial charge < -0.3 is 9.84 Å². The van der Waals surface area contributed by atoms with E-state index in [1.54, 1.807) is 12.1 Å². The Morgan fingerprint density at radius 2 is 2.17 bits per heavy atom. The van der Waals surface area contributed by atoms with Crippen LogP contribution in [0.4, 0.5) is 5.69 Å². The molecule has 0 spiro atoms. The van der Waals surface area contributed by atoms with Crippen molar-refractivity contribution in [1.82, 2.24) is 9.78 Å². The van der Waals surface area contributed by atoms with Crippen LogP contribution in [0.15, 0.2) is 29.4 Å². The van der Waals surface area contributed by atoms with E-state index >= 15 is 0 Å². The Morgan fingerprint density at radius 3 is 2.71 bits per heavy atom. The minimum Gasteiger partial charge on any atom is -0.495 e. The summed E-state index contributed by atoms with van der Waals surface area (Å²) in [5.74, 6) is -0.634. The van der Waals surface area contributed by atoms with Crippen LogP contribution in [0.3, 0.4) is 0 Å². The highest BCUT2D eigenvalue weighted by molar-refractivity contribution is 7.92. The molecule has 1 heterocycles. The summed E-state index contributed by atoms with van der Waals surface area (Å²) < 4.78 is 33.8. The molecule has 0 saturated heterocycles. The number of ether oxygens (including phenoxy) is 1. The Labute approximate surface area is 144 Å². The fourth-order valence-electron chi connectivity index (χ4n) is 2.14. The van der Waals surface area contributed by atoms with E-state index in [9.17, 15) is 13.2 Å². The summed E-state index contributed by atoms with van der Waals surface area (Å²) >= 11 is 5.89. The minimum atomic E-state index is -3.99. The van der Waals surface area contributed by atoms with Crippen LogP contribution in [0.5, 0.6) is 5.75 Å². The number of aromatic nitrogens is 2. The minimum absolute atomic E-state index is 0.00833. The van der Waals surface area contributed by atoms with E-state index in [0.717, 1.165) is 4.68 Å². The molecule has 0 atom stereocenters. The number of methoxy groups -OCH3 is 1. The Bertz CT molecular complexity index is 844. The molecule has 1 aromatic heterocycles. The van der Waals surface area contributed by atoms with Crippen LogP contribution in [-0.2, 0) is 28.3 Å². The van der Waals surface area contributed by atoms with Gasteiger partial charge >= 0.3 is 5.97 Å². The average Bonchev–Trinajstić information content (AvgIpc) is 2.84. The van der Waals surface area contributed by atoms with E-state index in [0.29, 0.717) is 11.3 Å². The van der Waals surface area contributed by atoms with Gasteiger partial charge in [0, 0.05) is 13.5 Å². The van der Waals surface area contributed by atoms with Crippen molar-refractivity contribution in [2.45, 2.75) is 17.9 Å². The van der Waals surface area contributed by atoms with Crippen LogP contribution < -0.4 is 9.46 Å². The van der Waals surface area contributed by atoms with Crippen LogP contribution in [0, 0.1) is 0 Å². The molecule has 10 heteroatoms. The summed E-state index contributed by atoms with van der Waals surface area (Å²) in [6, 6.07) is 4.78. The quantitative estimate of drug-likeness (QED) is 0.766. The SMILES string of the molecule is COc1ccc(CCC(=O)O)cc1NS(=O)(=O)c1c(Cl)cnn1C. The lowest BCUT2D eigenvalue weighted by Gasteiger charge is -2.13. The number of hydrogen-bond donors (Lipinski definition) is 2. The molecule has 0 unspecified atom stereocenters. The Hall–Kier alpha value is -2.26. The van der Waals surface area contributed by atoms with Crippen LogP contribution in [-0.4, -0.2) is 36.4 Å². The van der Waals surface area contributed by atoms with Crippen molar-refractivity contribution in [1.29, 1.82) is 0 Å². The first kappa shape index (κ1) is 18.1. The van der Waals surface area contributed by atoms with Gasteiger partial charge in [-0.15, -0.1) is 0 Å². The molecule has 130 valence electrons. The smallest absolute Gasteiger partial charge is 0.303 e. The van der Waals surface area contributed by atoms with Crippen molar-refractivity contribution >= 4 is 33.3 Å². The second-order valence-corrected chi connectivity index (χ2v) is 6.96. The van der Waals surface area contributed by atoms with Gasteiger partial charge in [0.2, 0.25) is 0 Å². The number of sulfonamides is 1. The van der Waals surface area contributed by atoms with Gasteiger partial charge in [0.25, 0.3) is 10.0 Å². The van der Waals surface area contributed by atoms with Gasteiger partial charge in [-0.25, -0.2) is 0 Å². The summed E-state index contributed by atoms with van der Waals surface area (Å²) in [4.78, 5) is 10.7. The topological polar surface area (TPSA) is 111 Å². The van der Waals surface area contributed by atoms with Gasteiger partial charge in [-0.3, -0.25) is 14.2 Å². The molecule has 0 aliphatic heterocycles. The average molecular weight is 374 g/mol. The summed E-state index contributed by atoms with van der Waals surface area (Å²) in [6.45, 7) is 0. The van der Waals surface area contributed by atoms with Gasteiger partial charge in [-0.05, 0) is 24.1 Å². The first-order chi connectivity index (χ1) is 11.2. The number of halogens is 1. The zero-order chi connectivity index (χ0) is 17.9. The summed E-state index contributed by atoms with van der Waals surface area (Å²) in [7, 11) is -1.13. The number of aliphatic carboxylic acids is 1. The zero-order valence-corrected chi connectivity index (χ0v) is 14.6. The molecule has 2 rings (SSSR count). The molecule has 2 aromatic rings. The number of carbonyl (C=O) groups is 1. The second-order valence-electron chi connectivity index (χ2n) is 4.96. The maximum atomic E-state index is 12.5. The molecular weight excluding hydrogens is 358 g/mol. The number of anilines is 1. The number of hydrogen-bond acceptors (Lipinski definition) is 5. The molecule has 0 saturated carbocycles. The molecule has 0 bridgehead atoms. The van der Waals surface area contributed by atoms with Crippen molar-refractivity contribution < 1.29 is 23.1 Å². The fraction of sp³-hybridized carbons (Fsp3) is 0.286. The molecule has 0 fully saturated rings. The third-order valence-corrected chi connectivity index (χ3v) is 5.10. The van der Waals surface area contributed by atoms with E-state index in [-0.39, 0.29) is 28.6 Å².